The standard InChI is InChI=1S/C8H12N2O3/c11-8-9-7(13-10-8)4-6-2-1-3-12-5-6/h6H,1-5H2,(H,10,11). The zero-order valence-electron chi connectivity index (χ0n) is 7.28. The van der Waals surface area contributed by atoms with Crippen LogP contribution in [0.5, 0.6) is 0 Å². The van der Waals surface area contributed by atoms with Crippen molar-refractivity contribution < 1.29 is 9.26 Å². The minimum Gasteiger partial charge on any atom is -0.381 e. The Morgan fingerprint density at radius 2 is 2.54 bits per heavy atom. The van der Waals surface area contributed by atoms with Gasteiger partial charge in [-0.2, -0.15) is 10.1 Å². The Kier molecular flexibility index (Phi) is 2.44. The zero-order valence-corrected chi connectivity index (χ0v) is 7.28. The van der Waals surface area contributed by atoms with Crippen molar-refractivity contribution in [2.24, 2.45) is 5.92 Å². The highest BCUT2D eigenvalue weighted by molar-refractivity contribution is 4.80. The number of rotatable bonds is 2. The van der Waals surface area contributed by atoms with E-state index in [1.807, 2.05) is 0 Å². The monoisotopic (exact) mass is 184 g/mol. The van der Waals surface area contributed by atoms with Gasteiger partial charge in [0, 0.05) is 19.6 Å². The molecule has 1 aliphatic rings. The van der Waals surface area contributed by atoms with Crippen LogP contribution >= 0.6 is 0 Å². The van der Waals surface area contributed by atoms with E-state index in [-0.39, 0.29) is 0 Å². The number of ether oxygens (including phenoxy) is 1. The Morgan fingerprint density at radius 1 is 1.62 bits per heavy atom. The number of nitrogens with zero attached hydrogens (tertiary/aromatic N) is 1. The summed E-state index contributed by atoms with van der Waals surface area (Å²) in [5.74, 6) is 0.931. The minimum absolute atomic E-state index is 0.410. The van der Waals surface area contributed by atoms with E-state index in [0.29, 0.717) is 18.2 Å². The van der Waals surface area contributed by atoms with Crippen LogP contribution < -0.4 is 5.69 Å². The third kappa shape index (κ3) is 2.18. The summed E-state index contributed by atoms with van der Waals surface area (Å²) >= 11 is 0. The van der Waals surface area contributed by atoms with Crippen molar-refractivity contribution in [2.45, 2.75) is 19.3 Å². The first-order chi connectivity index (χ1) is 6.34. The van der Waals surface area contributed by atoms with Gasteiger partial charge in [0.15, 0.2) is 0 Å². The van der Waals surface area contributed by atoms with Gasteiger partial charge in [-0.3, -0.25) is 0 Å². The third-order valence-electron chi connectivity index (χ3n) is 2.20. The van der Waals surface area contributed by atoms with Gasteiger partial charge in [-0.1, -0.05) is 0 Å². The molecule has 1 atom stereocenters. The van der Waals surface area contributed by atoms with Crippen molar-refractivity contribution in [3.05, 3.63) is 16.4 Å². The van der Waals surface area contributed by atoms with Gasteiger partial charge in [0.25, 0.3) is 0 Å². The maximum atomic E-state index is 10.6. The van der Waals surface area contributed by atoms with Crippen LogP contribution in [0.3, 0.4) is 0 Å². The molecule has 72 valence electrons. The van der Waals surface area contributed by atoms with Crippen molar-refractivity contribution in [1.82, 2.24) is 10.1 Å². The summed E-state index contributed by atoms with van der Waals surface area (Å²) in [6, 6.07) is 0. The molecular formula is C8H12N2O3. The fourth-order valence-electron chi connectivity index (χ4n) is 1.56. The van der Waals surface area contributed by atoms with E-state index < -0.39 is 5.69 Å². The van der Waals surface area contributed by atoms with Gasteiger partial charge in [-0.15, -0.1) is 0 Å². The summed E-state index contributed by atoms with van der Waals surface area (Å²) in [6.45, 7) is 1.59. The smallest absolute Gasteiger partial charge is 0.377 e. The summed E-state index contributed by atoms with van der Waals surface area (Å²) in [4.78, 5) is 14.3. The first kappa shape index (κ1) is 8.50. The van der Waals surface area contributed by atoms with Crippen LogP contribution in [0.15, 0.2) is 9.32 Å². The topological polar surface area (TPSA) is 68.1 Å². The summed E-state index contributed by atoms with van der Waals surface area (Å²) < 4.78 is 10.2. The lowest BCUT2D eigenvalue weighted by Gasteiger charge is -2.19. The molecule has 1 fully saturated rings. The summed E-state index contributed by atoms with van der Waals surface area (Å²) in [7, 11) is 0. The van der Waals surface area contributed by atoms with Crippen molar-refractivity contribution >= 4 is 0 Å². The molecule has 5 heteroatoms. The van der Waals surface area contributed by atoms with Crippen LogP contribution in [0.25, 0.3) is 0 Å². The van der Waals surface area contributed by atoms with E-state index >= 15 is 0 Å². The molecule has 0 bridgehead atoms. The quantitative estimate of drug-likeness (QED) is 0.719. The lowest BCUT2D eigenvalue weighted by Crippen LogP contribution is -2.19. The van der Waals surface area contributed by atoms with Crippen LogP contribution in [0, 0.1) is 5.92 Å². The molecule has 2 rings (SSSR count). The maximum absolute atomic E-state index is 10.6. The predicted molar refractivity (Wildman–Crippen MR) is 44.4 cm³/mol. The van der Waals surface area contributed by atoms with E-state index in [1.54, 1.807) is 0 Å². The molecule has 1 aliphatic heterocycles. The van der Waals surface area contributed by atoms with E-state index in [2.05, 4.69) is 10.1 Å². The van der Waals surface area contributed by atoms with Crippen molar-refractivity contribution in [3.8, 4) is 0 Å². The van der Waals surface area contributed by atoms with Gasteiger partial charge in [-0.05, 0) is 18.8 Å². The lowest BCUT2D eigenvalue weighted by molar-refractivity contribution is 0.0520. The lowest BCUT2D eigenvalue weighted by atomic mass is 9.99. The largest absolute Gasteiger partial charge is 0.381 e. The molecule has 0 amide bonds. The van der Waals surface area contributed by atoms with Crippen LogP contribution in [-0.2, 0) is 11.2 Å². The van der Waals surface area contributed by atoms with Gasteiger partial charge in [0.2, 0.25) is 5.89 Å². The molecule has 1 unspecified atom stereocenters. The maximum Gasteiger partial charge on any atom is 0.377 e. The SMILES string of the molecule is O=c1nc(CC2CCCOC2)o[nH]1. The second kappa shape index (κ2) is 3.74. The van der Waals surface area contributed by atoms with E-state index in [1.165, 1.54) is 0 Å². The molecule has 0 radical (unpaired) electrons. The number of hydrogen-bond acceptors (Lipinski definition) is 4. The fraction of sp³-hybridized carbons (Fsp3) is 0.750. The highest BCUT2D eigenvalue weighted by atomic mass is 16.5. The molecular weight excluding hydrogens is 172 g/mol. The van der Waals surface area contributed by atoms with Crippen LogP contribution in [0.2, 0.25) is 0 Å². The van der Waals surface area contributed by atoms with Gasteiger partial charge < -0.3 is 9.26 Å². The van der Waals surface area contributed by atoms with Crippen molar-refractivity contribution in [3.63, 3.8) is 0 Å². The number of aromatic nitrogens is 2. The molecule has 0 aromatic carbocycles. The summed E-state index contributed by atoms with van der Waals surface area (Å²) in [5.41, 5.74) is -0.410. The van der Waals surface area contributed by atoms with Gasteiger partial charge in [0.1, 0.15) is 0 Å². The number of aromatic amines is 1. The molecule has 1 aromatic rings. The average Bonchev–Trinajstić information content (AvgIpc) is 2.53. The first-order valence-electron chi connectivity index (χ1n) is 4.47. The van der Waals surface area contributed by atoms with E-state index in [9.17, 15) is 4.79 Å². The zero-order chi connectivity index (χ0) is 9.10. The Labute approximate surface area is 75.1 Å². The summed E-state index contributed by atoms with van der Waals surface area (Å²) in [5, 5.41) is 2.18. The molecule has 0 saturated carbocycles. The molecule has 13 heavy (non-hydrogen) atoms. The van der Waals surface area contributed by atoms with E-state index in [0.717, 1.165) is 26.1 Å². The molecule has 1 aromatic heterocycles. The Morgan fingerprint density at radius 3 is 3.15 bits per heavy atom. The fourth-order valence-corrected chi connectivity index (χ4v) is 1.56. The molecule has 2 heterocycles. The second-order valence-corrected chi connectivity index (χ2v) is 3.30. The van der Waals surface area contributed by atoms with Crippen LogP contribution in [-0.4, -0.2) is 23.4 Å². The molecule has 5 nitrogen and oxygen atoms in total. The normalized spacial score (nSPS) is 23.2. The van der Waals surface area contributed by atoms with Crippen molar-refractivity contribution in [2.75, 3.05) is 13.2 Å². The average molecular weight is 184 g/mol. The Bertz CT molecular complexity index is 311. The predicted octanol–water partition coefficient (Wildman–Crippen LogP) is 0.332. The van der Waals surface area contributed by atoms with Crippen LogP contribution in [0.1, 0.15) is 18.7 Å². The van der Waals surface area contributed by atoms with Crippen LogP contribution in [0.4, 0.5) is 0 Å². The Balaban J connectivity index is 1.93. The highest BCUT2D eigenvalue weighted by Gasteiger charge is 2.16. The Hall–Kier alpha value is -1.10. The number of nitrogens with one attached hydrogen (secondary N) is 1. The van der Waals surface area contributed by atoms with E-state index in [4.69, 9.17) is 9.26 Å². The van der Waals surface area contributed by atoms with Gasteiger partial charge in [-0.25, -0.2) is 4.79 Å². The minimum atomic E-state index is -0.410. The highest BCUT2D eigenvalue weighted by Crippen LogP contribution is 2.16. The van der Waals surface area contributed by atoms with Gasteiger partial charge in [0.05, 0.1) is 0 Å². The van der Waals surface area contributed by atoms with Crippen molar-refractivity contribution in [1.29, 1.82) is 0 Å². The molecule has 0 spiro atoms. The number of H-pyrrole nitrogens is 1. The molecule has 0 aliphatic carbocycles. The summed E-state index contributed by atoms with van der Waals surface area (Å²) in [6.07, 6.45) is 2.90. The first-order valence-corrected chi connectivity index (χ1v) is 4.47. The second-order valence-electron chi connectivity index (χ2n) is 3.30. The third-order valence-corrected chi connectivity index (χ3v) is 2.20. The molecule has 1 N–H and O–H groups in total. The molecule has 1 saturated heterocycles. The van der Waals surface area contributed by atoms with Gasteiger partial charge >= 0.3 is 5.69 Å². The number of hydrogen-bond donors (Lipinski definition) is 1.